The van der Waals surface area contributed by atoms with Gasteiger partial charge in [-0.2, -0.15) is 0 Å². The third kappa shape index (κ3) is 4.67. The number of hydrogen-bond donors (Lipinski definition) is 1. The van der Waals surface area contributed by atoms with Crippen molar-refractivity contribution in [2.24, 2.45) is 0 Å². The molecule has 4 rings (SSSR count). The summed E-state index contributed by atoms with van der Waals surface area (Å²) in [6, 6.07) is 22.3. The van der Waals surface area contributed by atoms with E-state index in [2.05, 4.69) is 5.32 Å². The molecule has 0 aromatic heterocycles. The Bertz CT molecular complexity index is 1150. The van der Waals surface area contributed by atoms with Crippen molar-refractivity contribution in [2.45, 2.75) is 20.0 Å². The molecule has 3 aromatic carbocycles. The third-order valence-electron chi connectivity index (χ3n) is 5.11. The summed E-state index contributed by atoms with van der Waals surface area (Å²) in [5.41, 5.74) is 4.40. The Balaban J connectivity index is 1.59. The summed E-state index contributed by atoms with van der Waals surface area (Å²) in [6.07, 6.45) is 0.651. The molecular weight excluding hydrogens is 390 g/mol. The number of ether oxygens (including phenoxy) is 2. The van der Waals surface area contributed by atoms with Crippen molar-refractivity contribution in [3.05, 3.63) is 101 Å². The third-order valence-corrected chi connectivity index (χ3v) is 5.11. The summed E-state index contributed by atoms with van der Waals surface area (Å²) < 4.78 is 11.4. The monoisotopic (exact) mass is 413 g/mol. The lowest BCUT2D eigenvalue weighted by Crippen LogP contribution is -2.28. The molecule has 31 heavy (non-hydrogen) atoms. The van der Waals surface area contributed by atoms with Gasteiger partial charge in [0.1, 0.15) is 12.4 Å². The second-order valence-corrected chi connectivity index (χ2v) is 7.50. The van der Waals surface area contributed by atoms with Crippen LogP contribution in [-0.4, -0.2) is 18.5 Å². The molecule has 1 amide bonds. The van der Waals surface area contributed by atoms with E-state index in [1.54, 1.807) is 30.3 Å². The van der Waals surface area contributed by atoms with Crippen molar-refractivity contribution in [1.29, 1.82) is 0 Å². The average molecular weight is 413 g/mol. The number of carbonyl (C=O) groups excluding carboxylic acids is 2. The highest BCUT2D eigenvalue weighted by molar-refractivity contribution is 6.00. The van der Waals surface area contributed by atoms with E-state index in [0.29, 0.717) is 22.6 Å². The first-order chi connectivity index (χ1) is 15.0. The van der Waals surface area contributed by atoms with E-state index < -0.39 is 18.0 Å². The number of nitrogens with one attached hydrogen (secondary N) is 1. The zero-order valence-electron chi connectivity index (χ0n) is 17.4. The van der Waals surface area contributed by atoms with E-state index in [4.69, 9.17) is 9.47 Å². The molecule has 1 atom stereocenters. The van der Waals surface area contributed by atoms with E-state index in [1.165, 1.54) is 0 Å². The minimum absolute atomic E-state index is 0.0932. The Morgan fingerprint density at radius 1 is 0.968 bits per heavy atom. The minimum Gasteiger partial charge on any atom is -0.488 e. The molecule has 0 radical (unpaired) electrons. The van der Waals surface area contributed by atoms with Crippen LogP contribution in [0.25, 0.3) is 6.08 Å². The van der Waals surface area contributed by atoms with Crippen LogP contribution in [0.1, 0.15) is 28.4 Å². The fourth-order valence-electron chi connectivity index (χ4n) is 3.39. The number of fused-ring (bicyclic) bond motifs is 1. The second kappa shape index (κ2) is 8.88. The number of anilines is 1. The van der Waals surface area contributed by atoms with E-state index in [0.717, 1.165) is 16.7 Å². The van der Waals surface area contributed by atoms with Crippen LogP contribution in [0.15, 0.2) is 78.4 Å². The maximum Gasteiger partial charge on any atom is 0.338 e. The minimum atomic E-state index is -1.09. The highest BCUT2D eigenvalue weighted by Crippen LogP contribution is 2.28. The molecule has 1 N–H and O–H groups in total. The Hall–Kier alpha value is -3.86. The van der Waals surface area contributed by atoms with E-state index in [1.807, 2.05) is 62.4 Å². The lowest BCUT2D eigenvalue weighted by molar-refractivity contribution is -0.151. The average Bonchev–Trinajstić information content (AvgIpc) is 2.80. The zero-order chi connectivity index (χ0) is 21.8. The molecule has 1 aliphatic rings. The molecule has 0 bridgehead atoms. The van der Waals surface area contributed by atoms with Crippen LogP contribution in [0.5, 0.6) is 5.75 Å². The van der Waals surface area contributed by atoms with Gasteiger partial charge in [0.15, 0.2) is 0 Å². The fourth-order valence-corrected chi connectivity index (χ4v) is 3.39. The first-order valence-electron chi connectivity index (χ1n) is 10.1. The van der Waals surface area contributed by atoms with Gasteiger partial charge < -0.3 is 14.8 Å². The van der Waals surface area contributed by atoms with Gasteiger partial charge in [0.2, 0.25) is 6.10 Å². The molecular formula is C26H23NO4. The molecule has 0 fully saturated rings. The number of hydrogen-bond acceptors (Lipinski definition) is 4. The second-order valence-electron chi connectivity index (χ2n) is 7.50. The Labute approximate surface area is 181 Å². The quantitative estimate of drug-likeness (QED) is 0.598. The Morgan fingerprint density at radius 2 is 1.71 bits per heavy atom. The Morgan fingerprint density at radius 3 is 2.52 bits per heavy atom. The van der Waals surface area contributed by atoms with E-state index in [9.17, 15) is 9.59 Å². The van der Waals surface area contributed by atoms with Crippen molar-refractivity contribution in [2.75, 3.05) is 11.9 Å². The van der Waals surface area contributed by atoms with Crippen molar-refractivity contribution in [3.8, 4) is 5.75 Å². The fraction of sp³-hybridized carbons (Fsp3) is 0.154. The summed E-state index contributed by atoms with van der Waals surface area (Å²) in [5, 5.41) is 2.91. The molecule has 0 spiro atoms. The van der Waals surface area contributed by atoms with Gasteiger partial charge in [-0.05, 0) is 43.2 Å². The van der Waals surface area contributed by atoms with Gasteiger partial charge in [0.25, 0.3) is 5.91 Å². The van der Waals surface area contributed by atoms with Crippen LogP contribution in [0.3, 0.4) is 0 Å². The number of rotatable bonds is 5. The van der Waals surface area contributed by atoms with Crippen molar-refractivity contribution >= 4 is 23.6 Å². The summed E-state index contributed by atoms with van der Waals surface area (Å²) in [5.74, 6) is -0.281. The first-order valence-corrected chi connectivity index (χ1v) is 10.1. The molecule has 0 saturated carbocycles. The molecule has 0 aliphatic carbocycles. The van der Waals surface area contributed by atoms with Crippen molar-refractivity contribution in [1.82, 2.24) is 0 Å². The molecule has 156 valence electrons. The molecule has 0 unspecified atom stereocenters. The van der Waals surface area contributed by atoms with Gasteiger partial charge in [0.05, 0.1) is 5.57 Å². The Kier molecular flexibility index (Phi) is 5.85. The summed E-state index contributed by atoms with van der Waals surface area (Å²) >= 11 is 0. The predicted octanol–water partition coefficient (Wildman–Crippen LogP) is 5.00. The van der Waals surface area contributed by atoms with Gasteiger partial charge >= 0.3 is 5.97 Å². The maximum atomic E-state index is 13.2. The zero-order valence-corrected chi connectivity index (χ0v) is 17.4. The van der Waals surface area contributed by atoms with Crippen LogP contribution in [0, 0.1) is 13.8 Å². The van der Waals surface area contributed by atoms with Crippen LogP contribution >= 0.6 is 0 Å². The number of amides is 1. The maximum absolute atomic E-state index is 13.2. The number of aryl methyl sites for hydroxylation is 2. The standard InChI is InChI=1S/C26H23NO4/c1-17-12-13-18(2)22(14-17)27-25(28)24(19-8-4-3-5-9-19)31-26(29)21-15-20-10-6-7-11-23(20)30-16-21/h3-15,24H,16H2,1-2H3,(H,27,28)/t24-/m1/s1. The highest BCUT2D eigenvalue weighted by Gasteiger charge is 2.28. The van der Waals surface area contributed by atoms with E-state index >= 15 is 0 Å². The number of benzene rings is 3. The summed E-state index contributed by atoms with van der Waals surface area (Å²) in [7, 11) is 0. The van der Waals surface area contributed by atoms with Crippen LogP contribution < -0.4 is 10.1 Å². The molecule has 5 nitrogen and oxygen atoms in total. The molecule has 1 heterocycles. The lowest BCUT2D eigenvalue weighted by Gasteiger charge is -2.21. The SMILES string of the molecule is Cc1ccc(C)c(NC(=O)[C@H](OC(=O)C2=Cc3ccccc3OC2)c2ccccc2)c1. The topological polar surface area (TPSA) is 64.6 Å². The van der Waals surface area contributed by atoms with E-state index in [-0.39, 0.29) is 6.61 Å². The molecule has 0 saturated heterocycles. The summed E-state index contributed by atoms with van der Waals surface area (Å²) in [4.78, 5) is 26.1. The van der Waals surface area contributed by atoms with Crippen LogP contribution in [0.4, 0.5) is 5.69 Å². The van der Waals surface area contributed by atoms with Gasteiger partial charge in [0, 0.05) is 16.8 Å². The molecule has 1 aliphatic heterocycles. The largest absolute Gasteiger partial charge is 0.488 e. The number of carbonyl (C=O) groups is 2. The van der Waals surface area contributed by atoms with Crippen LogP contribution in [0.2, 0.25) is 0 Å². The smallest absolute Gasteiger partial charge is 0.338 e. The first kappa shape index (κ1) is 20.4. The van der Waals surface area contributed by atoms with Crippen molar-refractivity contribution in [3.63, 3.8) is 0 Å². The number of para-hydroxylation sites is 1. The van der Waals surface area contributed by atoms with Gasteiger partial charge in [-0.25, -0.2) is 4.79 Å². The van der Waals surface area contributed by atoms with Crippen LogP contribution in [-0.2, 0) is 14.3 Å². The van der Waals surface area contributed by atoms with Gasteiger partial charge in [-0.15, -0.1) is 0 Å². The normalized spacial score (nSPS) is 13.3. The van der Waals surface area contributed by atoms with Crippen molar-refractivity contribution < 1.29 is 19.1 Å². The number of esters is 1. The molecule has 5 heteroatoms. The summed E-state index contributed by atoms with van der Waals surface area (Å²) in [6.45, 7) is 3.97. The highest BCUT2D eigenvalue weighted by atomic mass is 16.6. The predicted molar refractivity (Wildman–Crippen MR) is 120 cm³/mol. The van der Waals surface area contributed by atoms with Gasteiger partial charge in [-0.1, -0.05) is 60.7 Å². The molecule has 3 aromatic rings. The van der Waals surface area contributed by atoms with Gasteiger partial charge in [-0.3, -0.25) is 4.79 Å². The lowest BCUT2D eigenvalue weighted by atomic mass is 10.1.